The second kappa shape index (κ2) is 5.50. The molecule has 1 aliphatic heterocycles. The Morgan fingerprint density at radius 3 is 2.50 bits per heavy atom. The normalized spacial score (nSPS) is 21.8. The second-order valence-corrected chi connectivity index (χ2v) is 6.59. The SMILES string of the molecule is CC(C)(C)C1CN(c2ccc(Cl)cc2)CCCN1. The third kappa shape index (κ3) is 3.39. The van der Waals surface area contributed by atoms with E-state index in [4.69, 9.17) is 11.6 Å². The van der Waals surface area contributed by atoms with Crippen LogP contribution >= 0.6 is 11.6 Å². The highest BCUT2D eigenvalue weighted by molar-refractivity contribution is 6.30. The van der Waals surface area contributed by atoms with Crippen molar-refractivity contribution in [3.63, 3.8) is 0 Å². The van der Waals surface area contributed by atoms with Gasteiger partial charge in [0.1, 0.15) is 0 Å². The topological polar surface area (TPSA) is 15.3 Å². The second-order valence-electron chi connectivity index (χ2n) is 6.15. The minimum Gasteiger partial charge on any atom is -0.370 e. The highest BCUT2D eigenvalue weighted by atomic mass is 35.5. The van der Waals surface area contributed by atoms with Crippen molar-refractivity contribution in [2.24, 2.45) is 5.41 Å². The minimum atomic E-state index is 0.287. The van der Waals surface area contributed by atoms with Crippen LogP contribution in [0.5, 0.6) is 0 Å². The van der Waals surface area contributed by atoms with Crippen molar-refractivity contribution < 1.29 is 0 Å². The molecule has 0 spiro atoms. The molecule has 2 rings (SSSR count). The monoisotopic (exact) mass is 266 g/mol. The summed E-state index contributed by atoms with van der Waals surface area (Å²) in [6.07, 6.45) is 1.19. The number of anilines is 1. The number of benzene rings is 1. The molecule has 0 saturated carbocycles. The molecule has 1 aliphatic rings. The van der Waals surface area contributed by atoms with Gasteiger partial charge in [-0.25, -0.2) is 0 Å². The standard InChI is InChI=1S/C15H23ClN2/c1-15(2,3)14-11-18(10-4-9-17-14)13-7-5-12(16)6-8-13/h5-8,14,17H,4,9-11H2,1-3H3. The van der Waals surface area contributed by atoms with Gasteiger partial charge >= 0.3 is 0 Å². The minimum absolute atomic E-state index is 0.287. The molecule has 100 valence electrons. The van der Waals surface area contributed by atoms with Crippen LogP contribution in [0.15, 0.2) is 24.3 Å². The van der Waals surface area contributed by atoms with Gasteiger partial charge in [-0.05, 0) is 42.6 Å². The number of halogens is 1. The lowest BCUT2D eigenvalue weighted by atomic mass is 9.86. The van der Waals surface area contributed by atoms with Gasteiger partial charge in [0.05, 0.1) is 0 Å². The highest BCUT2D eigenvalue weighted by Crippen LogP contribution is 2.25. The molecule has 0 aliphatic carbocycles. The van der Waals surface area contributed by atoms with Crippen LogP contribution in [0.3, 0.4) is 0 Å². The maximum Gasteiger partial charge on any atom is 0.0407 e. The zero-order valence-electron chi connectivity index (χ0n) is 11.5. The molecule has 1 unspecified atom stereocenters. The molecule has 0 aromatic heterocycles. The Morgan fingerprint density at radius 1 is 1.22 bits per heavy atom. The van der Waals surface area contributed by atoms with Gasteiger partial charge in [0.2, 0.25) is 0 Å². The molecule has 1 heterocycles. The van der Waals surface area contributed by atoms with Gasteiger partial charge in [-0.2, -0.15) is 0 Å². The molecule has 0 amide bonds. The molecule has 18 heavy (non-hydrogen) atoms. The molecular weight excluding hydrogens is 244 g/mol. The first-order chi connectivity index (χ1) is 8.47. The first-order valence-corrected chi connectivity index (χ1v) is 7.08. The van der Waals surface area contributed by atoms with E-state index in [9.17, 15) is 0 Å². The third-order valence-electron chi connectivity index (χ3n) is 3.64. The average Bonchev–Trinajstić information content (AvgIpc) is 2.55. The van der Waals surface area contributed by atoms with E-state index in [0.717, 1.165) is 24.7 Å². The van der Waals surface area contributed by atoms with E-state index < -0.39 is 0 Å². The molecule has 1 atom stereocenters. The zero-order chi connectivity index (χ0) is 13.2. The van der Waals surface area contributed by atoms with E-state index in [1.54, 1.807) is 0 Å². The van der Waals surface area contributed by atoms with Crippen molar-refractivity contribution >= 4 is 17.3 Å². The lowest BCUT2D eigenvalue weighted by molar-refractivity contribution is 0.280. The molecule has 2 nitrogen and oxygen atoms in total. The van der Waals surface area contributed by atoms with E-state index in [1.807, 2.05) is 12.1 Å². The summed E-state index contributed by atoms with van der Waals surface area (Å²) < 4.78 is 0. The van der Waals surface area contributed by atoms with Crippen molar-refractivity contribution in [3.8, 4) is 0 Å². The first-order valence-electron chi connectivity index (χ1n) is 6.71. The summed E-state index contributed by atoms with van der Waals surface area (Å²) in [6, 6.07) is 8.71. The smallest absolute Gasteiger partial charge is 0.0407 e. The van der Waals surface area contributed by atoms with Crippen molar-refractivity contribution in [1.29, 1.82) is 0 Å². The predicted molar refractivity (Wildman–Crippen MR) is 79.5 cm³/mol. The summed E-state index contributed by atoms with van der Waals surface area (Å²) in [5.74, 6) is 0. The lowest BCUT2D eigenvalue weighted by Gasteiger charge is -2.34. The molecule has 0 bridgehead atoms. The van der Waals surface area contributed by atoms with Crippen molar-refractivity contribution in [3.05, 3.63) is 29.3 Å². The van der Waals surface area contributed by atoms with E-state index in [2.05, 4.69) is 43.1 Å². The van der Waals surface area contributed by atoms with Crippen molar-refractivity contribution in [1.82, 2.24) is 5.32 Å². The summed E-state index contributed by atoms with van der Waals surface area (Å²) in [6.45, 7) is 10.2. The van der Waals surface area contributed by atoms with Crippen LogP contribution in [0.2, 0.25) is 5.02 Å². The Labute approximate surface area is 115 Å². The Morgan fingerprint density at radius 2 is 1.89 bits per heavy atom. The van der Waals surface area contributed by atoms with Crippen LogP contribution in [0.1, 0.15) is 27.2 Å². The van der Waals surface area contributed by atoms with Gasteiger partial charge < -0.3 is 10.2 Å². The Hall–Kier alpha value is -0.730. The number of hydrogen-bond donors (Lipinski definition) is 1. The maximum atomic E-state index is 5.95. The number of nitrogens with one attached hydrogen (secondary N) is 1. The summed E-state index contributed by atoms with van der Waals surface area (Å²) in [7, 11) is 0. The van der Waals surface area contributed by atoms with Gasteiger partial charge in [0.15, 0.2) is 0 Å². The van der Waals surface area contributed by atoms with E-state index in [1.165, 1.54) is 12.1 Å². The van der Waals surface area contributed by atoms with Gasteiger partial charge in [0, 0.05) is 29.8 Å². The fourth-order valence-corrected chi connectivity index (χ4v) is 2.51. The van der Waals surface area contributed by atoms with Crippen LogP contribution in [-0.2, 0) is 0 Å². The third-order valence-corrected chi connectivity index (χ3v) is 3.89. The fourth-order valence-electron chi connectivity index (χ4n) is 2.39. The molecule has 1 saturated heterocycles. The predicted octanol–water partition coefficient (Wildman–Crippen LogP) is 3.55. The highest BCUT2D eigenvalue weighted by Gasteiger charge is 2.28. The van der Waals surface area contributed by atoms with E-state index >= 15 is 0 Å². The first kappa shape index (κ1) is 13.7. The van der Waals surface area contributed by atoms with Gasteiger partial charge in [-0.15, -0.1) is 0 Å². The fraction of sp³-hybridized carbons (Fsp3) is 0.600. The summed E-state index contributed by atoms with van der Waals surface area (Å²) >= 11 is 5.95. The van der Waals surface area contributed by atoms with Gasteiger partial charge in [0.25, 0.3) is 0 Å². The summed E-state index contributed by atoms with van der Waals surface area (Å²) in [5.41, 5.74) is 1.56. The lowest BCUT2D eigenvalue weighted by Crippen LogP contribution is -2.46. The Kier molecular flexibility index (Phi) is 4.18. The van der Waals surface area contributed by atoms with Gasteiger partial charge in [-0.1, -0.05) is 32.4 Å². The van der Waals surface area contributed by atoms with Crippen LogP contribution in [0.4, 0.5) is 5.69 Å². The number of rotatable bonds is 1. The molecule has 1 fully saturated rings. The van der Waals surface area contributed by atoms with Crippen LogP contribution in [0, 0.1) is 5.41 Å². The largest absolute Gasteiger partial charge is 0.370 e. The summed E-state index contributed by atoms with van der Waals surface area (Å²) in [4.78, 5) is 2.46. The molecule has 1 aromatic carbocycles. The Bertz CT molecular complexity index is 380. The quantitative estimate of drug-likeness (QED) is 0.836. The van der Waals surface area contributed by atoms with E-state index in [0.29, 0.717) is 6.04 Å². The molecule has 1 aromatic rings. The molecule has 0 radical (unpaired) electrons. The van der Waals surface area contributed by atoms with E-state index in [-0.39, 0.29) is 5.41 Å². The molecule has 1 N–H and O–H groups in total. The average molecular weight is 267 g/mol. The zero-order valence-corrected chi connectivity index (χ0v) is 12.3. The van der Waals surface area contributed by atoms with Crippen LogP contribution < -0.4 is 10.2 Å². The maximum absolute atomic E-state index is 5.95. The van der Waals surface area contributed by atoms with Crippen molar-refractivity contribution in [2.75, 3.05) is 24.5 Å². The van der Waals surface area contributed by atoms with Crippen LogP contribution in [0.25, 0.3) is 0 Å². The van der Waals surface area contributed by atoms with Crippen molar-refractivity contribution in [2.45, 2.75) is 33.2 Å². The summed E-state index contributed by atoms with van der Waals surface area (Å²) in [5, 5.41) is 4.47. The molecular formula is C15H23ClN2. The number of nitrogens with zero attached hydrogens (tertiary/aromatic N) is 1. The Balaban J connectivity index is 2.14. The number of hydrogen-bond acceptors (Lipinski definition) is 2. The van der Waals surface area contributed by atoms with Crippen LogP contribution in [-0.4, -0.2) is 25.7 Å². The molecule has 3 heteroatoms. The van der Waals surface area contributed by atoms with Gasteiger partial charge in [-0.3, -0.25) is 0 Å².